The number of fused-ring (bicyclic) bond motifs is 1. The largest absolute Gasteiger partial charge is 0.445 e. The lowest BCUT2D eigenvalue weighted by Crippen LogP contribution is -2.59. The van der Waals surface area contributed by atoms with Crippen molar-refractivity contribution in [3.8, 4) is 0 Å². The van der Waals surface area contributed by atoms with E-state index in [2.05, 4.69) is 39.2 Å². The maximum Gasteiger partial charge on any atom is 0.412 e. The van der Waals surface area contributed by atoms with Crippen molar-refractivity contribution < 1.29 is 37.7 Å². The fourth-order valence-corrected chi connectivity index (χ4v) is 7.27. The first kappa shape index (κ1) is 36.4. The van der Waals surface area contributed by atoms with Gasteiger partial charge < -0.3 is 33.4 Å². The standard InChI is InChI=1S/C35H56N2O8Si/c1-32(2,3)44-31(39)37-25(22-41-34(37,7)8)19-18-24-20-26(36-30(38)40-21-23-16-14-13-15-17-23)28(45-46(11,12)33(4,5)6)29-27(24)42-35(9,10)43-29/h13-17,20,25-29H,18-19,21-22H2,1-12H3,(H,36,38)/t25-,26-,27-,28-,29-/m1/s1. The minimum absolute atomic E-state index is 0.0692. The molecule has 2 heterocycles. The van der Waals surface area contributed by atoms with Gasteiger partial charge in [0.2, 0.25) is 0 Å². The number of benzene rings is 1. The van der Waals surface area contributed by atoms with Crippen LogP contribution in [-0.2, 0) is 34.7 Å². The SMILES string of the molecule is CC(C)(C)OC(=O)N1[C@H](CCC2=C[C@@H](NC(=O)OCc3ccccc3)[C@@H](O[Si](C)(C)C(C)(C)C)[C@@H]3OC(C)(C)O[C@H]23)COC1(C)C. The van der Waals surface area contributed by atoms with Crippen LogP contribution in [-0.4, -0.2) is 79.5 Å². The monoisotopic (exact) mass is 660 g/mol. The molecule has 10 nitrogen and oxygen atoms in total. The highest BCUT2D eigenvalue weighted by Gasteiger charge is 2.55. The Hall–Kier alpha value is -2.44. The van der Waals surface area contributed by atoms with Gasteiger partial charge in [-0.25, -0.2) is 9.59 Å². The van der Waals surface area contributed by atoms with Crippen molar-refractivity contribution in [3.05, 3.63) is 47.5 Å². The third-order valence-corrected chi connectivity index (χ3v) is 13.7. The summed E-state index contributed by atoms with van der Waals surface area (Å²) in [5, 5.41) is 3.02. The van der Waals surface area contributed by atoms with E-state index < -0.39 is 55.9 Å². The molecule has 2 aliphatic heterocycles. The van der Waals surface area contributed by atoms with Crippen molar-refractivity contribution in [3.63, 3.8) is 0 Å². The van der Waals surface area contributed by atoms with Gasteiger partial charge in [-0.05, 0) is 90.6 Å². The lowest BCUT2D eigenvalue weighted by Gasteiger charge is -2.45. The highest BCUT2D eigenvalue weighted by atomic mass is 28.4. The Labute approximate surface area is 276 Å². The quantitative estimate of drug-likeness (QED) is 0.229. The molecule has 5 atom stereocenters. The van der Waals surface area contributed by atoms with Crippen molar-refractivity contribution in [2.75, 3.05) is 6.61 Å². The minimum Gasteiger partial charge on any atom is -0.445 e. The second kappa shape index (κ2) is 13.2. The summed E-state index contributed by atoms with van der Waals surface area (Å²) in [6, 6.07) is 8.85. The maximum atomic E-state index is 13.3. The number of carbonyl (C=O) groups excluding carboxylic acids is 2. The van der Waals surface area contributed by atoms with E-state index in [-0.39, 0.29) is 23.8 Å². The zero-order valence-corrected chi connectivity index (χ0v) is 30.9. The van der Waals surface area contributed by atoms with E-state index in [9.17, 15) is 9.59 Å². The maximum absolute atomic E-state index is 13.3. The van der Waals surface area contributed by atoms with E-state index in [0.29, 0.717) is 19.4 Å². The number of ether oxygens (including phenoxy) is 5. The van der Waals surface area contributed by atoms with E-state index in [1.807, 2.05) is 84.9 Å². The molecular formula is C35H56N2O8Si. The number of amides is 2. The molecule has 2 fully saturated rings. The Balaban J connectivity index is 1.61. The molecule has 1 N–H and O–H groups in total. The van der Waals surface area contributed by atoms with Crippen LogP contribution >= 0.6 is 0 Å². The average molecular weight is 661 g/mol. The van der Waals surface area contributed by atoms with Gasteiger partial charge in [-0.3, -0.25) is 4.90 Å². The molecule has 46 heavy (non-hydrogen) atoms. The van der Waals surface area contributed by atoms with Gasteiger partial charge in [0.1, 0.15) is 30.1 Å². The Morgan fingerprint density at radius 3 is 2.28 bits per heavy atom. The van der Waals surface area contributed by atoms with Crippen LogP contribution in [0.1, 0.15) is 87.6 Å². The van der Waals surface area contributed by atoms with Crippen LogP contribution in [0.2, 0.25) is 18.1 Å². The van der Waals surface area contributed by atoms with Crippen molar-refractivity contribution in [1.82, 2.24) is 10.2 Å². The Morgan fingerprint density at radius 1 is 1.02 bits per heavy atom. The Bertz CT molecular complexity index is 1270. The zero-order valence-electron chi connectivity index (χ0n) is 29.9. The molecule has 0 aromatic heterocycles. The Morgan fingerprint density at radius 2 is 1.67 bits per heavy atom. The van der Waals surface area contributed by atoms with E-state index in [1.54, 1.807) is 4.90 Å². The molecule has 3 aliphatic rings. The summed E-state index contributed by atoms with van der Waals surface area (Å²) in [7, 11) is -2.31. The first-order valence-electron chi connectivity index (χ1n) is 16.5. The van der Waals surface area contributed by atoms with Crippen LogP contribution < -0.4 is 5.32 Å². The fraction of sp³-hybridized carbons (Fsp3) is 0.714. The summed E-state index contributed by atoms with van der Waals surface area (Å²) in [5.41, 5.74) is 0.443. The van der Waals surface area contributed by atoms with E-state index in [1.165, 1.54) is 0 Å². The van der Waals surface area contributed by atoms with Gasteiger partial charge in [0.05, 0.1) is 24.8 Å². The molecule has 258 valence electrons. The molecule has 1 aromatic rings. The summed E-state index contributed by atoms with van der Waals surface area (Å²) in [6.07, 6.45) is 0.983. The molecule has 2 saturated heterocycles. The summed E-state index contributed by atoms with van der Waals surface area (Å²) >= 11 is 0. The van der Waals surface area contributed by atoms with Crippen LogP contribution in [0.15, 0.2) is 42.0 Å². The second-order valence-corrected chi connectivity index (χ2v) is 20.9. The van der Waals surface area contributed by atoms with Crippen molar-refractivity contribution in [1.29, 1.82) is 0 Å². The normalized spacial score (nSPS) is 27.5. The predicted molar refractivity (Wildman–Crippen MR) is 179 cm³/mol. The average Bonchev–Trinajstić information content (AvgIpc) is 3.41. The van der Waals surface area contributed by atoms with Crippen LogP contribution in [0.4, 0.5) is 9.59 Å². The molecule has 4 rings (SSSR count). The molecule has 0 bridgehead atoms. The van der Waals surface area contributed by atoms with Crippen molar-refractivity contribution in [2.24, 2.45) is 0 Å². The highest BCUT2D eigenvalue weighted by molar-refractivity contribution is 6.74. The smallest absolute Gasteiger partial charge is 0.412 e. The fourth-order valence-electron chi connectivity index (χ4n) is 5.96. The molecule has 1 aliphatic carbocycles. The lowest BCUT2D eigenvalue weighted by molar-refractivity contribution is -0.152. The summed E-state index contributed by atoms with van der Waals surface area (Å²) in [4.78, 5) is 28.2. The molecule has 0 saturated carbocycles. The van der Waals surface area contributed by atoms with E-state index in [4.69, 9.17) is 28.1 Å². The molecule has 2 amide bonds. The first-order valence-corrected chi connectivity index (χ1v) is 19.4. The highest BCUT2D eigenvalue weighted by Crippen LogP contribution is 2.45. The third kappa shape index (κ3) is 8.72. The molecule has 0 unspecified atom stereocenters. The predicted octanol–water partition coefficient (Wildman–Crippen LogP) is 7.28. The van der Waals surface area contributed by atoms with Gasteiger partial charge in [0, 0.05) is 0 Å². The summed E-state index contributed by atoms with van der Waals surface area (Å²) < 4.78 is 37.5. The number of rotatable bonds is 8. The number of carbonyl (C=O) groups is 2. The van der Waals surface area contributed by atoms with Crippen LogP contribution in [0.5, 0.6) is 0 Å². The third-order valence-electron chi connectivity index (χ3n) is 9.23. The first-order chi connectivity index (χ1) is 21.1. The van der Waals surface area contributed by atoms with Gasteiger partial charge >= 0.3 is 12.2 Å². The number of nitrogens with zero attached hydrogens (tertiary/aromatic N) is 1. The zero-order chi connectivity index (χ0) is 34.3. The van der Waals surface area contributed by atoms with Crippen molar-refractivity contribution >= 4 is 20.5 Å². The van der Waals surface area contributed by atoms with Gasteiger partial charge in [-0.1, -0.05) is 57.2 Å². The van der Waals surface area contributed by atoms with Gasteiger partial charge in [0.25, 0.3) is 0 Å². The molecule has 0 spiro atoms. The van der Waals surface area contributed by atoms with Crippen LogP contribution in [0.3, 0.4) is 0 Å². The molecule has 1 aromatic carbocycles. The Kier molecular flexibility index (Phi) is 10.5. The molecule has 0 radical (unpaired) electrons. The lowest BCUT2D eigenvalue weighted by atomic mass is 9.85. The molecular weight excluding hydrogens is 604 g/mol. The number of hydrogen-bond donors (Lipinski definition) is 1. The van der Waals surface area contributed by atoms with Gasteiger partial charge in [-0.15, -0.1) is 0 Å². The number of hydrogen-bond acceptors (Lipinski definition) is 8. The van der Waals surface area contributed by atoms with Gasteiger partial charge in [-0.2, -0.15) is 0 Å². The van der Waals surface area contributed by atoms with Gasteiger partial charge in [0.15, 0.2) is 14.1 Å². The number of nitrogens with one attached hydrogen (secondary N) is 1. The summed E-state index contributed by atoms with van der Waals surface area (Å²) in [6.45, 7) is 24.6. The van der Waals surface area contributed by atoms with E-state index >= 15 is 0 Å². The van der Waals surface area contributed by atoms with Crippen molar-refractivity contribution in [2.45, 2.75) is 154 Å². The molecule has 11 heteroatoms. The minimum atomic E-state index is -2.31. The van der Waals surface area contributed by atoms with Crippen LogP contribution in [0.25, 0.3) is 0 Å². The summed E-state index contributed by atoms with van der Waals surface area (Å²) in [5.74, 6) is -0.854. The topological polar surface area (TPSA) is 105 Å². The second-order valence-electron chi connectivity index (χ2n) is 16.1. The van der Waals surface area contributed by atoms with E-state index in [0.717, 1.165) is 11.1 Å². The van der Waals surface area contributed by atoms with Crippen LogP contribution in [0, 0.1) is 0 Å². The number of alkyl carbamates (subject to hydrolysis) is 1.